The smallest absolute Gasteiger partial charge is 0.325 e. The van der Waals surface area contributed by atoms with E-state index in [4.69, 9.17) is 5.26 Å². The van der Waals surface area contributed by atoms with Gasteiger partial charge in [-0.15, -0.1) is 0 Å². The highest BCUT2D eigenvalue weighted by molar-refractivity contribution is 6.09. The summed E-state index contributed by atoms with van der Waals surface area (Å²) in [5.74, 6) is 0.152. The van der Waals surface area contributed by atoms with E-state index in [1.807, 2.05) is 6.07 Å². The van der Waals surface area contributed by atoms with E-state index in [1.165, 1.54) is 0 Å². The second-order valence-corrected chi connectivity index (χ2v) is 7.88. The zero-order valence-electron chi connectivity index (χ0n) is 15.9. The summed E-state index contributed by atoms with van der Waals surface area (Å²) < 4.78 is 0. The molecule has 27 heavy (non-hydrogen) atoms. The number of rotatable bonds is 3. The van der Waals surface area contributed by atoms with Crippen LogP contribution in [-0.2, 0) is 15.1 Å². The molecule has 0 aliphatic carbocycles. The van der Waals surface area contributed by atoms with E-state index in [1.54, 1.807) is 36.1 Å². The van der Waals surface area contributed by atoms with Crippen molar-refractivity contribution < 1.29 is 14.4 Å². The number of hydrogen-bond acceptors (Lipinski definition) is 4. The molecule has 2 fully saturated rings. The summed E-state index contributed by atoms with van der Waals surface area (Å²) in [6.45, 7) is 6.87. The Kier molecular flexibility index (Phi) is 4.92. The van der Waals surface area contributed by atoms with Crippen molar-refractivity contribution >= 4 is 17.8 Å². The number of nitriles is 1. The molecule has 2 aliphatic rings. The lowest BCUT2D eigenvalue weighted by Gasteiger charge is -2.35. The molecule has 3 atom stereocenters. The first kappa shape index (κ1) is 18.9. The van der Waals surface area contributed by atoms with E-state index in [9.17, 15) is 14.4 Å². The molecule has 142 valence electrons. The van der Waals surface area contributed by atoms with Crippen molar-refractivity contribution in [2.45, 2.75) is 32.7 Å². The van der Waals surface area contributed by atoms with Gasteiger partial charge in [-0.2, -0.15) is 5.26 Å². The van der Waals surface area contributed by atoms with Crippen molar-refractivity contribution in [1.29, 1.82) is 5.26 Å². The highest BCUT2D eigenvalue weighted by Gasteiger charge is 2.49. The summed E-state index contributed by atoms with van der Waals surface area (Å²) in [6.07, 6.45) is 1.07. The molecular formula is C20H24N4O3. The quantitative estimate of drug-likeness (QED) is 0.824. The SMILES string of the molecule is C[C@@H]1C[C@@H](C)CN(C(=O)CN2C(=O)N[C@](C)(c3ccc(C#N)cc3)C2=O)C1. The van der Waals surface area contributed by atoms with Crippen molar-refractivity contribution in [2.24, 2.45) is 11.8 Å². The molecule has 7 heteroatoms. The van der Waals surface area contributed by atoms with Gasteiger partial charge < -0.3 is 10.2 Å². The predicted molar refractivity (Wildman–Crippen MR) is 98.3 cm³/mol. The summed E-state index contributed by atoms with van der Waals surface area (Å²) in [4.78, 5) is 40.8. The van der Waals surface area contributed by atoms with Crippen molar-refractivity contribution in [3.05, 3.63) is 35.4 Å². The van der Waals surface area contributed by atoms with Crippen LogP contribution in [0.25, 0.3) is 0 Å². The van der Waals surface area contributed by atoms with E-state index >= 15 is 0 Å². The third-order valence-electron chi connectivity index (χ3n) is 5.38. The summed E-state index contributed by atoms with van der Waals surface area (Å²) in [5.41, 5.74) is -0.192. The van der Waals surface area contributed by atoms with Gasteiger partial charge in [0.25, 0.3) is 5.91 Å². The Bertz CT molecular complexity index is 804. The lowest BCUT2D eigenvalue weighted by atomic mass is 9.91. The largest absolute Gasteiger partial charge is 0.341 e. The van der Waals surface area contributed by atoms with Gasteiger partial charge in [-0.05, 0) is 42.9 Å². The first-order valence-electron chi connectivity index (χ1n) is 9.17. The van der Waals surface area contributed by atoms with E-state index in [2.05, 4.69) is 19.2 Å². The molecule has 0 saturated carbocycles. The van der Waals surface area contributed by atoms with E-state index in [0.29, 0.717) is 36.1 Å². The number of urea groups is 1. The number of benzene rings is 1. The number of hydrogen-bond donors (Lipinski definition) is 1. The number of nitrogens with zero attached hydrogens (tertiary/aromatic N) is 3. The average Bonchev–Trinajstić information content (AvgIpc) is 2.85. The number of piperidine rings is 1. The van der Waals surface area contributed by atoms with E-state index < -0.39 is 17.5 Å². The van der Waals surface area contributed by atoms with Crippen molar-refractivity contribution in [3.63, 3.8) is 0 Å². The Morgan fingerprint density at radius 1 is 1.22 bits per heavy atom. The second kappa shape index (κ2) is 7.03. The van der Waals surface area contributed by atoms with Gasteiger partial charge >= 0.3 is 6.03 Å². The number of imide groups is 1. The van der Waals surface area contributed by atoms with E-state index in [-0.39, 0.29) is 12.5 Å². The molecule has 2 saturated heterocycles. The molecule has 7 nitrogen and oxygen atoms in total. The minimum atomic E-state index is -1.24. The Morgan fingerprint density at radius 3 is 2.37 bits per heavy atom. The molecule has 1 N–H and O–H groups in total. The fourth-order valence-electron chi connectivity index (χ4n) is 4.02. The maximum absolute atomic E-state index is 12.9. The van der Waals surface area contributed by atoms with Gasteiger partial charge in [0.2, 0.25) is 5.91 Å². The first-order valence-corrected chi connectivity index (χ1v) is 9.17. The molecule has 0 radical (unpaired) electrons. The van der Waals surface area contributed by atoms with Gasteiger partial charge in [0.1, 0.15) is 12.1 Å². The van der Waals surface area contributed by atoms with Crippen LogP contribution in [0.15, 0.2) is 24.3 Å². The molecule has 3 rings (SSSR count). The number of carbonyl (C=O) groups excluding carboxylic acids is 3. The standard InChI is InChI=1S/C20H24N4O3/c1-13-8-14(2)11-23(10-13)17(25)12-24-18(26)20(3,22-19(24)27)16-6-4-15(9-21)5-7-16/h4-7,13-14H,8,10-12H2,1-3H3,(H,22,27)/t13-,14-,20-/m1/s1. The number of carbonyl (C=O) groups is 3. The Balaban J connectivity index is 1.75. The molecule has 1 aromatic rings. The third-order valence-corrected chi connectivity index (χ3v) is 5.38. The predicted octanol–water partition coefficient (Wildman–Crippen LogP) is 1.83. The van der Waals surface area contributed by atoms with Crippen LogP contribution in [0.4, 0.5) is 4.79 Å². The first-order chi connectivity index (χ1) is 12.7. The zero-order chi connectivity index (χ0) is 19.8. The lowest BCUT2D eigenvalue weighted by Crippen LogP contribution is -2.48. The van der Waals surface area contributed by atoms with Gasteiger partial charge in [0.05, 0.1) is 11.6 Å². The summed E-state index contributed by atoms with van der Waals surface area (Å²) in [6, 6.07) is 7.95. The molecule has 4 amide bonds. The molecule has 0 aromatic heterocycles. The Hall–Kier alpha value is -2.88. The van der Waals surface area contributed by atoms with Crippen LogP contribution in [0.2, 0.25) is 0 Å². The van der Waals surface area contributed by atoms with Crippen molar-refractivity contribution in [3.8, 4) is 6.07 Å². The van der Waals surface area contributed by atoms with Crippen LogP contribution < -0.4 is 5.32 Å². The fourth-order valence-corrected chi connectivity index (χ4v) is 4.02. The highest BCUT2D eigenvalue weighted by Crippen LogP contribution is 2.29. The molecular weight excluding hydrogens is 344 g/mol. The third kappa shape index (κ3) is 3.52. The van der Waals surface area contributed by atoms with Crippen LogP contribution in [0.3, 0.4) is 0 Å². The van der Waals surface area contributed by atoms with Crippen LogP contribution in [0.5, 0.6) is 0 Å². The lowest BCUT2D eigenvalue weighted by molar-refractivity contribution is -0.140. The summed E-state index contributed by atoms with van der Waals surface area (Å²) in [7, 11) is 0. The number of amides is 4. The topological polar surface area (TPSA) is 93.5 Å². The van der Waals surface area contributed by atoms with Gasteiger partial charge in [0, 0.05) is 13.1 Å². The van der Waals surface area contributed by atoms with Crippen LogP contribution in [0.1, 0.15) is 38.3 Å². The normalized spacial score (nSPS) is 28.1. The van der Waals surface area contributed by atoms with Crippen LogP contribution in [-0.4, -0.2) is 47.3 Å². The maximum atomic E-state index is 12.9. The average molecular weight is 368 g/mol. The molecule has 0 spiro atoms. The maximum Gasteiger partial charge on any atom is 0.325 e. The van der Waals surface area contributed by atoms with Crippen LogP contribution in [0, 0.1) is 23.2 Å². The van der Waals surface area contributed by atoms with Gasteiger partial charge in [-0.3, -0.25) is 14.5 Å². The molecule has 2 heterocycles. The van der Waals surface area contributed by atoms with Crippen molar-refractivity contribution in [2.75, 3.05) is 19.6 Å². The number of likely N-dealkylation sites (tertiary alicyclic amines) is 1. The fraction of sp³-hybridized carbons (Fsp3) is 0.500. The number of nitrogens with one attached hydrogen (secondary N) is 1. The van der Waals surface area contributed by atoms with Gasteiger partial charge in [-0.25, -0.2) is 4.79 Å². The minimum Gasteiger partial charge on any atom is -0.341 e. The van der Waals surface area contributed by atoms with Crippen molar-refractivity contribution in [1.82, 2.24) is 15.1 Å². The molecule has 0 bridgehead atoms. The second-order valence-electron chi connectivity index (χ2n) is 7.88. The zero-order valence-corrected chi connectivity index (χ0v) is 15.9. The van der Waals surface area contributed by atoms with Gasteiger partial charge in [-0.1, -0.05) is 26.0 Å². The minimum absolute atomic E-state index is 0.207. The van der Waals surface area contributed by atoms with Crippen LogP contribution >= 0.6 is 0 Å². The van der Waals surface area contributed by atoms with E-state index in [0.717, 1.165) is 11.3 Å². The summed E-state index contributed by atoms with van der Waals surface area (Å²) >= 11 is 0. The highest BCUT2D eigenvalue weighted by atomic mass is 16.2. The summed E-state index contributed by atoms with van der Waals surface area (Å²) in [5, 5.41) is 11.6. The Morgan fingerprint density at radius 2 is 1.81 bits per heavy atom. The molecule has 1 aromatic carbocycles. The Labute approximate surface area is 158 Å². The monoisotopic (exact) mass is 368 g/mol. The molecule has 2 aliphatic heterocycles. The van der Waals surface area contributed by atoms with Gasteiger partial charge in [0.15, 0.2) is 0 Å². The molecule has 0 unspecified atom stereocenters.